The van der Waals surface area contributed by atoms with Gasteiger partial charge >= 0.3 is 183 Å². The Labute approximate surface area is 413 Å². The van der Waals surface area contributed by atoms with E-state index < -0.39 is 0 Å². The molecule has 8 atom stereocenters. The van der Waals surface area contributed by atoms with E-state index in [2.05, 4.69) is 262 Å². The van der Waals surface area contributed by atoms with Crippen LogP contribution in [0.2, 0.25) is 0 Å². The first-order chi connectivity index (χ1) is 29.7. The summed E-state index contributed by atoms with van der Waals surface area (Å²) in [6, 6.07) is 43.6. The number of halogens is 2. The summed E-state index contributed by atoms with van der Waals surface area (Å²) >= 11 is 1.47. The van der Waals surface area contributed by atoms with Crippen molar-refractivity contribution in [2.24, 2.45) is 43.8 Å². The Hall–Kier alpha value is -3.87. The SMILES string of the molecule is CC1=CC=CC2[CH-]C3(C)C4(C)C=CC=CC4(C)C4(C)C=CC=CC4(C)C3(C)C12C.[C-]1=CC=CC1.[Cl-].[Cl-].[Zr+2]=[C](C(c1ccccc1)c1ccccc1)C(c1ccccc1)c1ccccc1. The van der Waals surface area contributed by atoms with E-state index in [4.69, 9.17) is 0 Å². The second-order valence-corrected chi connectivity index (χ2v) is 21.1. The summed E-state index contributed by atoms with van der Waals surface area (Å²) in [5.41, 5.74) is 7.17. The molecule has 10 rings (SSSR count). The van der Waals surface area contributed by atoms with Crippen molar-refractivity contribution in [3.05, 3.63) is 247 Å². The van der Waals surface area contributed by atoms with Crippen LogP contribution in [0.1, 0.15) is 95.9 Å². The molecule has 6 aliphatic carbocycles. The monoisotopic (exact) mass is 956 g/mol. The molecule has 0 radical (unpaired) electrons. The Kier molecular flexibility index (Phi) is 14.8. The summed E-state index contributed by atoms with van der Waals surface area (Å²) in [7, 11) is 0. The Balaban J connectivity index is 0.000000186. The van der Waals surface area contributed by atoms with Crippen molar-refractivity contribution < 1.29 is 49.0 Å². The quantitative estimate of drug-likeness (QED) is 0.169. The topological polar surface area (TPSA) is 0 Å². The van der Waals surface area contributed by atoms with Gasteiger partial charge in [-0.1, -0.05) is 115 Å². The Morgan fingerprint density at radius 2 is 0.938 bits per heavy atom. The molecule has 6 aliphatic rings. The van der Waals surface area contributed by atoms with Crippen molar-refractivity contribution in [1.82, 2.24) is 0 Å². The van der Waals surface area contributed by atoms with Crippen molar-refractivity contribution in [2.45, 2.75) is 73.6 Å². The molecule has 0 saturated heterocycles. The zero-order chi connectivity index (χ0) is 43.9. The van der Waals surface area contributed by atoms with Crippen LogP contribution in [0.3, 0.4) is 0 Å². The molecular formula is C61H64Cl2Zr-2. The molecule has 0 bridgehead atoms. The van der Waals surface area contributed by atoms with Crippen molar-refractivity contribution in [3.63, 3.8) is 0 Å². The van der Waals surface area contributed by atoms with Crippen molar-refractivity contribution in [2.75, 3.05) is 0 Å². The first-order valence-electron chi connectivity index (χ1n) is 22.7. The molecule has 328 valence electrons. The van der Waals surface area contributed by atoms with Crippen LogP contribution in [0, 0.1) is 56.3 Å². The summed E-state index contributed by atoms with van der Waals surface area (Å²) in [6.45, 7) is 20.3. The van der Waals surface area contributed by atoms with Crippen LogP contribution in [-0.2, 0) is 24.2 Å². The number of hydrogen-bond acceptors (Lipinski definition) is 0. The predicted octanol–water partition coefficient (Wildman–Crippen LogP) is 9.33. The van der Waals surface area contributed by atoms with Gasteiger partial charge < -0.3 is 31.2 Å². The second-order valence-electron chi connectivity index (χ2n) is 19.7. The Bertz CT molecular complexity index is 2340. The minimum absolute atomic E-state index is 0. The maximum absolute atomic E-state index is 2.99. The molecule has 64 heavy (non-hydrogen) atoms. The van der Waals surface area contributed by atoms with E-state index in [0.717, 1.165) is 6.42 Å². The number of allylic oxidation sites excluding steroid dienone is 16. The normalized spacial score (nSPS) is 32.9. The zero-order valence-electron chi connectivity index (χ0n) is 38.9. The van der Waals surface area contributed by atoms with Gasteiger partial charge in [0.05, 0.1) is 0 Å². The molecule has 0 spiro atoms. The van der Waals surface area contributed by atoms with Crippen molar-refractivity contribution >= 4 is 3.21 Å². The van der Waals surface area contributed by atoms with Gasteiger partial charge in [0.15, 0.2) is 0 Å². The van der Waals surface area contributed by atoms with E-state index in [1.165, 1.54) is 55.3 Å². The maximum atomic E-state index is 2.99. The Morgan fingerprint density at radius 3 is 1.31 bits per heavy atom. The van der Waals surface area contributed by atoms with E-state index in [-0.39, 0.29) is 74.6 Å². The predicted molar refractivity (Wildman–Crippen MR) is 260 cm³/mol. The van der Waals surface area contributed by atoms with Crippen molar-refractivity contribution in [3.8, 4) is 0 Å². The molecule has 2 saturated carbocycles. The van der Waals surface area contributed by atoms with Gasteiger partial charge in [0.2, 0.25) is 0 Å². The van der Waals surface area contributed by atoms with Crippen LogP contribution < -0.4 is 24.8 Å². The molecule has 0 aromatic heterocycles. The van der Waals surface area contributed by atoms with Gasteiger partial charge in [-0.15, -0.1) is 23.8 Å². The average molecular weight is 959 g/mol. The fraction of sp³-hybridized carbons (Fsp3) is 0.311. The Morgan fingerprint density at radius 1 is 0.547 bits per heavy atom. The number of hydrogen-bond donors (Lipinski definition) is 0. The average Bonchev–Trinajstić information content (AvgIpc) is 3.95. The van der Waals surface area contributed by atoms with E-state index in [1.54, 1.807) is 0 Å². The number of benzene rings is 4. The molecular weight excluding hydrogens is 895 g/mol. The van der Waals surface area contributed by atoms with Gasteiger partial charge in [0, 0.05) is 10.8 Å². The van der Waals surface area contributed by atoms with Gasteiger partial charge in [-0.05, 0) is 28.6 Å². The van der Waals surface area contributed by atoms with Crippen LogP contribution in [0.5, 0.6) is 0 Å². The summed E-state index contributed by atoms with van der Waals surface area (Å²) in [4.78, 5) is 0. The summed E-state index contributed by atoms with van der Waals surface area (Å²) in [5.74, 6) is 1.03. The van der Waals surface area contributed by atoms with E-state index >= 15 is 0 Å². The molecule has 4 aromatic carbocycles. The molecule has 3 heteroatoms. The molecule has 0 N–H and O–H groups in total. The summed E-state index contributed by atoms with van der Waals surface area (Å²) in [5, 5.41) is 0. The van der Waals surface area contributed by atoms with E-state index in [9.17, 15) is 0 Å². The fourth-order valence-electron chi connectivity index (χ4n) is 13.4. The van der Waals surface area contributed by atoms with Crippen LogP contribution in [-0.4, -0.2) is 3.21 Å². The minimum atomic E-state index is 0. The number of fused-ring (bicyclic) bond motifs is 8. The van der Waals surface area contributed by atoms with Gasteiger partial charge in [0.25, 0.3) is 0 Å². The third kappa shape index (κ3) is 7.31. The number of rotatable bonds is 6. The van der Waals surface area contributed by atoms with E-state index in [0.29, 0.717) is 5.92 Å². The third-order valence-corrected chi connectivity index (χ3v) is 19.2. The molecule has 0 aliphatic heterocycles. The third-order valence-electron chi connectivity index (χ3n) is 17.8. The van der Waals surface area contributed by atoms with Gasteiger partial charge in [0.1, 0.15) is 0 Å². The first-order valence-corrected chi connectivity index (χ1v) is 23.9. The van der Waals surface area contributed by atoms with Crippen LogP contribution in [0.4, 0.5) is 0 Å². The standard InChI is InChI=1S/C29H37.C27H22.C5H5.2ClH.Zr/c1-21-14-13-15-22-20-27(6)25(4)18-10-9-16-23(25,2)24(3)17-11-12-19-26(24,5)29(27,8)28(21,22)7;1-5-13-22(14-6-1)26(23-15-7-2-8-16-23)21-27(24-17-9-3-10-18-24)25-19-11-4-12-20-25;1-2-4-5-3-1;;;/h9-20,22H,1-8H3;1-20,26-27H;1-3H,4H2;2*1H;/q-1;;-1;;;+2/p-2. The fourth-order valence-corrected chi connectivity index (χ4v) is 15.1. The van der Waals surface area contributed by atoms with Gasteiger partial charge in [-0.25, -0.2) is 12.2 Å². The molecule has 2 fully saturated rings. The van der Waals surface area contributed by atoms with Gasteiger partial charge in [-0.3, -0.25) is 6.08 Å². The summed E-state index contributed by atoms with van der Waals surface area (Å²) < 4.78 is 1.53. The molecule has 8 unspecified atom stereocenters. The van der Waals surface area contributed by atoms with Gasteiger partial charge in [-0.2, -0.15) is 6.08 Å². The first kappa shape index (κ1) is 49.6. The molecule has 0 nitrogen and oxygen atoms in total. The van der Waals surface area contributed by atoms with E-state index in [1.807, 2.05) is 12.2 Å². The van der Waals surface area contributed by atoms with Crippen LogP contribution in [0.15, 0.2) is 212 Å². The molecule has 4 aromatic rings. The molecule has 0 heterocycles. The second kappa shape index (κ2) is 19.2. The zero-order valence-corrected chi connectivity index (χ0v) is 42.9. The van der Waals surface area contributed by atoms with Crippen LogP contribution in [0.25, 0.3) is 0 Å². The van der Waals surface area contributed by atoms with Crippen LogP contribution >= 0.6 is 0 Å². The molecule has 0 amide bonds. The summed E-state index contributed by atoms with van der Waals surface area (Å²) in [6.07, 6.45) is 39.3. The van der Waals surface area contributed by atoms with Crippen molar-refractivity contribution in [1.29, 1.82) is 0 Å².